The van der Waals surface area contributed by atoms with Crippen molar-refractivity contribution in [1.82, 2.24) is 4.98 Å². The lowest BCUT2D eigenvalue weighted by Crippen LogP contribution is -2.21. The van der Waals surface area contributed by atoms with Crippen LogP contribution in [0.2, 0.25) is 0 Å². The molecule has 2 radical (unpaired) electrons. The molecule has 2 nitrogen and oxygen atoms in total. The average Bonchev–Trinajstić information content (AvgIpc) is 2.38. The molecule has 0 fully saturated rings. The summed E-state index contributed by atoms with van der Waals surface area (Å²) in [6.45, 7) is 0. The normalized spacial score (nSPS) is 14.7. The third-order valence-electron chi connectivity index (χ3n) is 1.11. The molecule has 0 spiro atoms. The number of alkyl halides is 3. The van der Waals surface area contributed by atoms with Crippen molar-refractivity contribution in [3.05, 3.63) is 23.7 Å². The monoisotopic (exact) mass is 195 g/mol. The second-order valence-electron chi connectivity index (χ2n) is 1.93. The maximum Gasteiger partial charge on any atom is 0.421 e. The van der Waals surface area contributed by atoms with Gasteiger partial charge in [0.1, 0.15) is 12.1 Å². The molecule has 1 unspecified atom stereocenters. The first-order chi connectivity index (χ1) is 5.55. The van der Waals surface area contributed by atoms with Crippen LogP contribution < -0.4 is 0 Å². The average molecular weight is 195 g/mol. The molecule has 0 bridgehead atoms. The zero-order valence-electron chi connectivity index (χ0n) is 5.71. The first-order valence-electron chi connectivity index (χ1n) is 2.87. The predicted molar refractivity (Wildman–Crippen MR) is 36.3 cm³/mol. The Bertz CT molecular complexity index is 233. The van der Waals surface area contributed by atoms with Crippen LogP contribution >= 0.6 is 11.3 Å². The maximum absolute atomic E-state index is 12.0. The summed E-state index contributed by atoms with van der Waals surface area (Å²) in [5, 5.41) is 1.23. The fourth-order valence-electron chi connectivity index (χ4n) is 0.639. The van der Waals surface area contributed by atoms with Gasteiger partial charge in [0.25, 0.3) is 0 Å². The van der Waals surface area contributed by atoms with Gasteiger partial charge in [0, 0.05) is 11.6 Å². The van der Waals surface area contributed by atoms with Crippen molar-refractivity contribution in [2.45, 2.75) is 12.3 Å². The lowest BCUT2D eigenvalue weighted by molar-refractivity contribution is -0.209. The molecule has 0 aliphatic heterocycles. The molecule has 0 saturated carbocycles. The number of thiazole rings is 1. The number of hydrogen-bond donors (Lipinski definition) is 0. The van der Waals surface area contributed by atoms with Gasteiger partial charge in [-0.3, -0.25) is 0 Å². The van der Waals surface area contributed by atoms with Gasteiger partial charge in [-0.05, 0) is 0 Å². The van der Waals surface area contributed by atoms with Gasteiger partial charge in [-0.25, -0.2) is 4.98 Å². The van der Waals surface area contributed by atoms with Crippen LogP contribution in [-0.4, -0.2) is 11.2 Å². The molecular weight excluding hydrogens is 191 g/mol. The quantitative estimate of drug-likeness (QED) is 0.723. The first kappa shape index (κ1) is 9.47. The summed E-state index contributed by atoms with van der Waals surface area (Å²) < 4.78 is 39.9. The standard InChI is InChI=1S/C6H4F3NOS/c1-11-4(6(7,8)9)5-10-2-3-12-5/h1-4H. The predicted octanol–water partition coefficient (Wildman–Crippen LogP) is 2.43. The molecule has 1 rings (SSSR count). The van der Waals surface area contributed by atoms with Crippen LogP contribution in [0.5, 0.6) is 0 Å². The van der Waals surface area contributed by atoms with Gasteiger partial charge in [-0.15, -0.1) is 11.3 Å². The van der Waals surface area contributed by atoms with Crippen LogP contribution in [0.4, 0.5) is 13.2 Å². The van der Waals surface area contributed by atoms with E-state index >= 15 is 0 Å². The Morgan fingerprint density at radius 3 is 2.58 bits per heavy atom. The van der Waals surface area contributed by atoms with E-state index in [2.05, 4.69) is 16.8 Å². The summed E-state index contributed by atoms with van der Waals surface area (Å²) in [6.07, 6.45) is -5.36. The van der Waals surface area contributed by atoms with Crippen molar-refractivity contribution in [3.8, 4) is 0 Å². The topological polar surface area (TPSA) is 22.1 Å². The molecule has 1 aromatic heterocycles. The summed E-state index contributed by atoms with van der Waals surface area (Å²) in [5.74, 6) is 0. The molecule has 6 heteroatoms. The second kappa shape index (κ2) is 3.40. The fourth-order valence-corrected chi connectivity index (χ4v) is 1.33. The minimum absolute atomic E-state index is 0.190. The highest BCUT2D eigenvalue weighted by molar-refractivity contribution is 7.09. The number of aromatic nitrogens is 1. The number of halogens is 3. The third-order valence-corrected chi connectivity index (χ3v) is 1.93. The van der Waals surface area contributed by atoms with Crippen molar-refractivity contribution < 1.29 is 17.9 Å². The van der Waals surface area contributed by atoms with Gasteiger partial charge in [0.2, 0.25) is 6.10 Å². The van der Waals surface area contributed by atoms with Gasteiger partial charge in [-0.1, -0.05) is 0 Å². The summed E-state index contributed by atoms with van der Waals surface area (Å²) in [5.41, 5.74) is 0. The van der Waals surface area contributed by atoms with E-state index in [1.54, 1.807) is 0 Å². The lowest BCUT2D eigenvalue weighted by atomic mass is 10.4. The van der Waals surface area contributed by atoms with E-state index in [0.29, 0.717) is 0 Å². The Labute approximate surface area is 71.0 Å². The van der Waals surface area contributed by atoms with E-state index < -0.39 is 12.3 Å². The zero-order valence-corrected chi connectivity index (χ0v) is 6.52. The van der Waals surface area contributed by atoms with E-state index in [1.807, 2.05) is 0 Å². The summed E-state index contributed by atoms with van der Waals surface area (Å²) in [6, 6.07) is 0. The number of ether oxygens (including phenoxy) is 1. The van der Waals surface area contributed by atoms with Gasteiger partial charge in [0.15, 0.2) is 0 Å². The molecule has 1 aromatic rings. The minimum Gasteiger partial charge on any atom is -0.353 e. The van der Waals surface area contributed by atoms with Crippen LogP contribution in [0.15, 0.2) is 11.6 Å². The van der Waals surface area contributed by atoms with Gasteiger partial charge < -0.3 is 4.74 Å². The van der Waals surface area contributed by atoms with Gasteiger partial charge >= 0.3 is 6.18 Å². The van der Waals surface area contributed by atoms with Crippen molar-refractivity contribution in [3.63, 3.8) is 0 Å². The SMILES string of the molecule is [CH]OC(c1nccs1)C(F)(F)F. The maximum atomic E-state index is 12.0. The first-order valence-corrected chi connectivity index (χ1v) is 3.75. The molecule has 1 heterocycles. The minimum atomic E-state index is -4.51. The Hall–Kier alpha value is -0.620. The molecule has 0 saturated heterocycles. The van der Waals surface area contributed by atoms with Gasteiger partial charge in [0.05, 0.1) is 0 Å². The second-order valence-corrected chi connectivity index (χ2v) is 2.85. The smallest absolute Gasteiger partial charge is 0.353 e. The van der Waals surface area contributed by atoms with Crippen molar-refractivity contribution in [2.75, 3.05) is 0 Å². The lowest BCUT2D eigenvalue weighted by Gasteiger charge is -2.15. The third kappa shape index (κ3) is 1.95. The molecule has 0 aliphatic rings. The van der Waals surface area contributed by atoms with E-state index in [-0.39, 0.29) is 5.01 Å². The molecule has 1 atom stereocenters. The molecule has 0 aromatic carbocycles. The fraction of sp³-hybridized carbons (Fsp3) is 0.333. The van der Waals surface area contributed by atoms with Crippen LogP contribution in [0, 0.1) is 7.11 Å². The highest BCUT2D eigenvalue weighted by atomic mass is 32.1. The Morgan fingerprint density at radius 1 is 1.58 bits per heavy atom. The van der Waals surface area contributed by atoms with E-state index in [4.69, 9.17) is 0 Å². The van der Waals surface area contributed by atoms with Crippen molar-refractivity contribution in [2.24, 2.45) is 0 Å². The molecule has 12 heavy (non-hydrogen) atoms. The van der Waals surface area contributed by atoms with Crippen LogP contribution in [0.3, 0.4) is 0 Å². The van der Waals surface area contributed by atoms with Gasteiger partial charge in [-0.2, -0.15) is 13.2 Å². The largest absolute Gasteiger partial charge is 0.421 e. The molecule has 0 aliphatic carbocycles. The number of hydrogen-bond acceptors (Lipinski definition) is 3. The highest BCUT2D eigenvalue weighted by Crippen LogP contribution is 2.36. The van der Waals surface area contributed by atoms with Crippen molar-refractivity contribution in [1.29, 1.82) is 0 Å². The molecule has 0 amide bonds. The van der Waals surface area contributed by atoms with E-state index in [0.717, 1.165) is 11.3 Å². The Morgan fingerprint density at radius 2 is 2.25 bits per heavy atom. The zero-order chi connectivity index (χ0) is 9.19. The van der Waals surface area contributed by atoms with Crippen LogP contribution in [0.1, 0.15) is 11.1 Å². The summed E-state index contributed by atoms with van der Waals surface area (Å²) in [4.78, 5) is 3.45. The van der Waals surface area contributed by atoms with Crippen molar-refractivity contribution >= 4 is 11.3 Å². The van der Waals surface area contributed by atoms with E-state index in [9.17, 15) is 13.2 Å². The Balaban J connectivity index is 2.84. The summed E-state index contributed by atoms with van der Waals surface area (Å²) in [7, 11) is 4.50. The van der Waals surface area contributed by atoms with E-state index in [1.165, 1.54) is 11.6 Å². The van der Waals surface area contributed by atoms with Crippen LogP contribution in [-0.2, 0) is 4.74 Å². The molecular formula is C6H4F3NOS. The Kier molecular flexibility index (Phi) is 2.69. The van der Waals surface area contributed by atoms with Crippen LogP contribution in [0.25, 0.3) is 0 Å². The number of rotatable bonds is 2. The molecule has 0 N–H and O–H groups in total. The summed E-state index contributed by atoms with van der Waals surface area (Å²) >= 11 is 0.846. The highest BCUT2D eigenvalue weighted by Gasteiger charge is 2.42. The number of nitrogens with zero attached hydrogens (tertiary/aromatic N) is 1. The molecule has 66 valence electrons.